The van der Waals surface area contributed by atoms with Crippen LogP contribution in [0.2, 0.25) is 0 Å². The summed E-state index contributed by atoms with van der Waals surface area (Å²) >= 11 is 0. The minimum absolute atomic E-state index is 0.00317. The smallest absolute Gasteiger partial charge is 0.226 e. The van der Waals surface area contributed by atoms with E-state index < -0.39 is 0 Å². The molecule has 1 rings (SSSR count). The molecule has 20 heavy (non-hydrogen) atoms. The van der Waals surface area contributed by atoms with E-state index in [9.17, 15) is 4.79 Å². The molecule has 0 aromatic heterocycles. The van der Waals surface area contributed by atoms with Gasteiger partial charge in [0.2, 0.25) is 5.91 Å². The van der Waals surface area contributed by atoms with Crippen molar-refractivity contribution in [1.82, 2.24) is 0 Å². The van der Waals surface area contributed by atoms with Crippen LogP contribution in [0, 0.1) is 11.8 Å². The summed E-state index contributed by atoms with van der Waals surface area (Å²) in [5.74, 6) is 0.780. The van der Waals surface area contributed by atoms with Crippen LogP contribution in [0.5, 0.6) is 0 Å². The predicted octanol–water partition coefficient (Wildman–Crippen LogP) is 4.52. The molecule has 0 aliphatic heterocycles. The zero-order valence-corrected chi connectivity index (χ0v) is 13.4. The Morgan fingerprint density at radius 2 is 1.70 bits per heavy atom. The van der Waals surface area contributed by atoms with Gasteiger partial charge in [-0.2, -0.15) is 0 Å². The van der Waals surface area contributed by atoms with E-state index >= 15 is 0 Å². The monoisotopic (exact) mass is 276 g/mol. The summed E-state index contributed by atoms with van der Waals surface area (Å²) in [5.41, 5.74) is 1.91. The second-order valence-electron chi connectivity index (χ2n) is 6.24. The van der Waals surface area contributed by atoms with Crippen LogP contribution in [-0.4, -0.2) is 11.9 Å². The molecule has 3 heteroatoms. The Morgan fingerprint density at radius 3 is 2.30 bits per heavy atom. The van der Waals surface area contributed by atoms with Crippen molar-refractivity contribution in [2.24, 2.45) is 11.8 Å². The number of carbonyl (C=O) groups is 1. The highest BCUT2D eigenvalue weighted by Gasteiger charge is 2.08. The van der Waals surface area contributed by atoms with Crippen molar-refractivity contribution in [3.05, 3.63) is 24.3 Å². The lowest BCUT2D eigenvalue weighted by atomic mass is 10.0. The molecule has 1 aromatic rings. The highest BCUT2D eigenvalue weighted by Crippen LogP contribution is 2.18. The molecular formula is C17H28N2O. The highest BCUT2D eigenvalue weighted by molar-refractivity contribution is 5.92. The highest BCUT2D eigenvalue weighted by atomic mass is 16.1. The third-order valence-electron chi connectivity index (χ3n) is 3.24. The van der Waals surface area contributed by atoms with Gasteiger partial charge in [0.15, 0.2) is 0 Å². The lowest BCUT2D eigenvalue weighted by Gasteiger charge is -2.17. The lowest BCUT2D eigenvalue weighted by molar-refractivity contribution is -0.118. The average molecular weight is 276 g/mol. The van der Waals surface area contributed by atoms with Crippen molar-refractivity contribution in [3.63, 3.8) is 0 Å². The maximum atomic E-state index is 11.7. The molecule has 112 valence electrons. The van der Waals surface area contributed by atoms with Crippen molar-refractivity contribution in [2.45, 2.75) is 53.5 Å². The molecule has 0 fully saturated rings. The summed E-state index contributed by atoms with van der Waals surface area (Å²) in [5, 5.41) is 6.42. The number of carbonyl (C=O) groups excluding carboxylic acids is 1. The van der Waals surface area contributed by atoms with E-state index in [2.05, 4.69) is 31.4 Å². The van der Waals surface area contributed by atoms with Crippen molar-refractivity contribution in [1.29, 1.82) is 0 Å². The molecule has 3 nitrogen and oxygen atoms in total. The van der Waals surface area contributed by atoms with Crippen molar-refractivity contribution < 1.29 is 4.79 Å². The van der Waals surface area contributed by atoms with E-state index in [0.717, 1.165) is 23.7 Å². The molecule has 1 aromatic carbocycles. The summed E-state index contributed by atoms with van der Waals surface area (Å²) in [6.45, 7) is 10.5. The van der Waals surface area contributed by atoms with Gasteiger partial charge in [-0.25, -0.2) is 0 Å². The second-order valence-corrected chi connectivity index (χ2v) is 6.24. The molecule has 0 saturated heterocycles. The largest absolute Gasteiger partial charge is 0.383 e. The number of rotatable bonds is 7. The van der Waals surface area contributed by atoms with Crippen LogP contribution in [0.4, 0.5) is 11.4 Å². The number of hydrogen-bond donors (Lipinski definition) is 2. The second kappa shape index (κ2) is 7.93. The van der Waals surface area contributed by atoms with Crippen LogP contribution in [0.25, 0.3) is 0 Å². The topological polar surface area (TPSA) is 41.1 Å². The maximum Gasteiger partial charge on any atom is 0.226 e. The number of amides is 1. The molecule has 0 saturated carbocycles. The fraction of sp³-hybridized carbons (Fsp3) is 0.588. The van der Waals surface area contributed by atoms with Gasteiger partial charge in [-0.1, -0.05) is 33.8 Å². The first kappa shape index (κ1) is 16.5. The average Bonchev–Trinajstić information content (AvgIpc) is 2.36. The summed E-state index contributed by atoms with van der Waals surface area (Å²) in [6.07, 6.45) is 2.37. The van der Waals surface area contributed by atoms with Gasteiger partial charge in [0, 0.05) is 23.3 Å². The Labute approximate surface area is 123 Å². The number of anilines is 2. The van der Waals surface area contributed by atoms with E-state index in [1.165, 1.54) is 6.42 Å². The first-order valence-corrected chi connectivity index (χ1v) is 7.56. The van der Waals surface area contributed by atoms with Gasteiger partial charge in [-0.15, -0.1) is 0 Å². The first-order valence-electron chi connectivity index (χ1n) is 7.56. The van der Waals surface area contributed by atoms with Gasteiger partial charge in [0.05, 0.1) is 0 Å². The van der Waals surface area contributed by atoms with Gasteiger partial charge in [0.25, 0.3) is 0 Å². The minimum atomic E-state index is -0.00317. The standard InChI is InChI=1S/C17H28N2O/c1-12(2)9-10-14(5)18-15-7-6-8-16(11-15)19-17(20)13(3)4/h6-8,11-14,18H,9-10H2,1-5H3,(H,19,20). The third kappa shape index (κ3) is 6.09. The van der Waals surface area contributed by atoms with Gasteiger partial charge >= 0.3 is 0 Å². The zero-order valence-electron chi connectivity index (χ0n) is 13.4. The van der Waals surface area contributed by atoms with E-state index in [4.69, 9.17) is 0 Å². The fourth-order valence-electron chi connectivity index (χ4n) is 1.91. The van der Waals surface area contributed by atoms with Crippen LogP contribution < -0.4 is 10.6 Å². The Hall–Kier alpha value is -1.51. The minimum Gasteiger partial charge on any atom is -0.383 e. The van der Waals surface area contributed by atoms with Crippen LogP contribution >= 0.6 is 0 Å². The van der Waals surface area contributed by atoms with E-state index in [-0.39, 0.29) is 11.8 Å². The van der Waals surface area contributed by atoms with E-state index in [1.807, 2.05) is 38.1 Å². The summed E-state index contributed by atoms with van der Waals surface area (Å²) in [6, 6.07) is 8.36. The number of hydrogen-bond acceptors (Lipinski definition) is 2. The summed E-state index contributed by atoms with van der Waals surface area (Å²) < 4.78 is 0. The first-order chi connectivity index (χ1) is 9.38. The molecule has 2 N–H and O–H groups in total. The summed E-state index contributed by atoms with van der Waals surface area (Å²) in [4.78, 5) is 11.7. The van der Waals surface area contributed by atoms with Gasteiger partial charge in [-0.3, -0.25) is 4.79 Å². The van der Waals surface area contributed by atoms with E-state index in [1.54, 1.807) is 0 Å². The van der Waals surface area contributed by atoms with Crippen LogP contribution in [0.1, 0.15) is 47.5 Å². The Morgan fingerprint density at radius 1 is 1.05 bits per heavy atom. The Bertz CT molecular complexity index is 427. The van der Waals surface area contributed by atoms with Gasteiger partial charge in [-0.05, 0) is 43.9 Å². The molecule has 1 atom stereocenters. The Balaban J connectivity index is 2.57. The van der Waals surface area contributed by atoms with Gasteiger partial charge < -0.3 is 10.6 Å². The molecule has 0 aliphatic rings. The molecule has 0 bridgehead atoms. The molecule has 0 spiro atoms. The zero-order chi connectivity index (χ0) is 15.1. The molecule has 1 amide bonds. The molecular weight excluding hydrogens is 248 g/mol. The SMILES string of the molecule is CC(C)CCC(C)Nc1cccc(NC(=O)C(C)C)c1. The maximum absolute atomic E-state index is 11.7. The van der Waals surface area contributed by atoms with E-state index in [0.29, 0.717) is 6.04 Å². The quantitative estimate of drug-likeness (QED) is 0.769. The fourth-order valence-corrected chi connectivity index (χ4v) is 1.91. The third-order valence-corrected chi connectivity index (χ3v) is 3.24. The normalized spacial score (nSPS) is 12.6. The molecule has 1 unspecified atom stereocenters. The van der Waals surface area contributed by atoms with Crippen LogP contribution in [0.3, 0.4) is 0 Å². The predicted molar refractivity (Wildman–Crippen MR) is 87.1 cm³/mol. The summed E-state index contributed by atoms with van der Waals surface area (Å²) in [7, 11) is 0. The lowest BCUT2D eigenvalue weighted by Crippen LogP contribution is -2.18. The number of nitrogens with one attached hydrogen (secondary N) is 2. The molecule has 0 aliphatic carbocycles. The van der Waals surface area contributed by atoms with Crippen molar-refractivity contribution in [3.8, 4) is 0 Å². The molecule has 0 heterocycles. The van der Waals surface area contributed by atoms with Crippen LogP contribution in [0.15, 0.2) is 24.3 Å². The van der Waals surface area contributed by atoms with Crippen molar-refractivity contribution in [2.75, 3.05) is 10.6 Å². The van der Waals surface area contributed by atoms with Crippen molar-refractivity contribution >= 4 is 17.3 Å². The molecule has 0 radical (unpaired) electrons. The van der Waals surface area contributed by atoms with Crippen LogP contribution in [-0.2, 0) is 4.79 Å². The number of benzene rings is 1. The Kier molecular flexibility index (Phi) is 6.56. The van der Waals surface area contributed by atoms with Gasteiger partial charge in [0.1, 0.15) is 0 Å².